The Morgan fingerprint density at radius 1 is 1.35 bits per heavy atom. The van der Waals surface area contributed by atoms with Crippen molar-refractivity contribution in [1.29, 1.82) is 5.26 Å². The Morgan fingerprint density at radius 2 is 2.00 bits per heavy atom. The summed E-state index contributed by atoms with van der Waals surface area (Å²) in [6.07, 6.45) is 1.74. The summed E-state index contributed by atoms with van der Waals surface area (Å²) in [7, 11) is -1.52. The molecule has 0 saturated heterocycles. The van der Waals surface area contributed by atoms with Gasteiger partial charge in [0.15, 0.2) is 9.84 Å². The van der Waals surface area contributed by atoms with Gasteiger partial charge in [-0.05, 0) is 6.42 Å². The smallest absolute Gasteiger partial charge is 0.223 e. The van der Waals surface area contributed by atoms with Crippen LogP contribution in [0.1, 0.15) is 32.6 Å². The Labute approximate surface area is 103 Å². The maximum absolute atomic E-state index is 11.5. The number of amides is 1. The highest BCUT2D eigenvalue weighted by Gasteiger charge is 2.15. The standard InChI is InChI=1S/C11H20N2O3S/c1-3-4-9-17(15,16)10-6-11(14)13(2)8-5-7-12/h3-6,8-10H2,1-2H3. The molecule has 1 amide bonds. The summed E-state index contributed by atoms with van der Waals surface area (Å²) in [5.41, 5.74) is 0. The molecule has 0 radical (unpaired) electrons. The molecule has 5 nitrogen and oxygen atoms in total. The number of nitriles is 1. The third-order valence-electron chi connectivity index (χ3n) is 2.42. The van der Waals surface area contributed by atoms with Crippen LogP contribution in [0.4, 0.5) is 0 Å². The lowest BCUT2D eigenvalue weighted by molar-refractivity contribution is -0.129. The van der Waals surface area contributed by atoms with Crippen LogP contribution in [0.2, 0.25) is 0 Å². The molecule has 0 aliphatic heterocycles. The quantitative estimate of drug-likeness (QED) is 0.651. The fourth-order valence-corrected chi connectivity index (χ4v) is 2.66. The molecule has 0 rings (SSSR count). The molecule has 17 heavy (non-hydrogen) atoms. The lowest BCUT2D eigenvalue weighted by Gasteiger charge is -2.15. The van der Waals surface area contributed by atoms with E-state index in [1.807, 2.05) is 13.0 Å². The van der Waals surface area contributed by atoms with Gasteiger partial charge >= 0.3 is 0 Å². The molecule has 0 aliphatic rings. The molecular formula is C11H20N2O3S. The summed E-state index contributed by atoms with van der Waals surface area (Å²) in [6.45, 7) is 2.28. The number of sulfone groups is 1. The molecular weight excluding hydrogens is 240 g/mol. The van der Waals surface area contributed by atoms with Gasteiger partial charge in [-0.2, -0.15) is 5.26 Å². The maximum Gasteiger partial charge on any atom is 0.223 e. The lowest BCUT2D eigenvalue weighted by Crippen LogP contribution is -2.29. The summed E-state index contributed by atoms with van der Waals surface area (Å²) in [5, 5.41) is 8.37. The number of nitrogens with zero attached hydrogens (tertiary/aromatic N) is 2. The van der Waals surface area contributed by atoms with Gasteiger partial charge in [0.2, 0.25) is 5.91 Å². The van der Waals surface area contributed by atoms with Gasteiger partial charge in [0.05, 0.1) is 24.0 Å². The summed E-state index contributed by atoms with van der Waals surface area (Å²) < 4.78 is 23.0. The van der Waals surface area contributed by atoms with E-state index in [-0.39, 0.29) is 30.3 Å². The monoisotopic (exact) mass is 260 g/mol. The van der Waals surface area contributed by atoms with Crippen molar-refractivity contribution in [2.75, 3.05) is 25.1 Å². The van der Waals surface area contributed by atoms with Crippen molar-refractivity contribution in [2.24, 2.45) is 0 Å². The predicted molar refractivity (Wildman–Crippen MR) is 66.0 cm³/mol. The van der Waals surface area contributed by atoms with Gasteiger partial charge in [0.25, 0.3) is 0 Å². The molecule has 0 N–H and O–H groups in total. The summed E-state index contributed by atoms with van der Waals surface area (Å²) in [4.78, 5) is 12.9. The van der Waals surface area contributed by atoms with E-state index >= 15 is 0 Å². The second kappa shape index (κ2) is 8.07. The lowest BCUT2D eigenvalue weighted by atomic mass is 10.3. The Hall–Kier alpha value is -1.09. The third kappa shape index (κ3) is 7.75. The van der Waals surface area contributed by atoms with Crippen molar-refractivity contribution in [3.05, 3.63) is 0 Å². The first-order chi connectivity index (χ1) is 7.93. The van der Waals surface area contributed by atoms with Crippen LogP contribution in [-0.4, -0.2) is 44.3 Å². The third-order valence-corrected chi connectivity index (χ3v) is 4.16. The van der Waals surface area contributed by atoms with Crippen LogP contribution in [0.25, 0.3) is 0 Å². The molecule has 98 valence electrons. The second-order valence-electron chi connectivity index (χ2n) is 3.98. The van der Waals surface area contributed by atoms with Crippen LogP contribution in [-0.2, 0) is 14.6 Å². The molecule has 0 fully saturated rings. The maximum atomic E-state index is 11.5. The fourth-order valence-electron chi connectivity index (χ4n) is 1.24. The molecule has 6 heteroatoms. The highest BCUT2D eigenvalue weighted by Crippen LogP contribution is 2.01. The number of hydrogen-bond donors (Lipinski definition) is 0. The SMILES string of the molecule is CCCCS(=O)(=O)CCC(=O)N(C)CCC#N. The highest BCUT2D eigenvalue weighted by molar-refractivity contribution is 7.91. The van der Waals surface area contributed by atoms with E-state index in [0.717, 1.165) is 6.42 Å². The Kier molecular flexibility index (Phi) is 7.55. The first kappa shape index (κ1) is 15.9. The highest BCUT2D eigenvalue weighted by atomic mass is 32.2. The van der Waals surface area contributed by atoms with E-state index < -0.39 is 9.84 Å². The van der Waals surface area contributed by atoms with Gasteiger partial charge in [0.1, 0.15) is 0 Å². The van der Waals surface area contributed by atoms with Gasteiger partial charge in [0, 0.05) is 20.0 Å². The Balaban J connectivity index is 4.02. The Morgan fingerprint density at radius 3 is 2.53 bits per heavy atom. The number of carbonyl (C=O) groups is 1. The van der Waals surface area contributed by atoms with Crippen molar-refractivity contribution in [1.82, 2.24) is 4.90 Å². The molecule has 0 aliphatic carbocycles. The largest absolute Gasteiger partial charge is 0.345 e. The fraction of sp³-hybridized carbons (Fsp3) is 0.818. The minimum absolute atomic E-state index is 0.00791. The van der Waals surface area contributed by atoms with E-state index in [4.69, 9.17) is 5.26 Å². The molecule has 0 aromatic heterocycles. The first-order valence-electron chi connectivity index (χ1n) is 5.74. The van der Waals surface area contributed by atoms with Crippen LogP contribution in [0.15, 0.2) is 0 Å². The van der Waals surface area contributed by atoms with Gasteiger partial charge in [-0.25, -0.2) is 8.42 Å². The predicted octanol–water partition coefficient (Wildman–Crippen LogP) is 0.963. The van der Waals surface area contributed by atoms with Crippen LogP contribution in [0, 0.1) is 11.3 Å². The zero-order chi connectivity index (χ0) is 13.3. The van der Waals surface area contributed by atoms with Crippen molar-refractivity contribution in [3.63, 3.8) is 0 Å². The molecule has 0 unspecified atom stereocenters. The van der Waals surface area contributed by atoms with Gasteiger partial charge < -0.3 is 4.90 Å². The van der Waals surface area contributed by atoms with Crippen LogP contribution >= 0.6 is 0 Å². The normalized spacial score (nSPS) is 10.9. The molecule has 0 heterocycles. The molecule has 0 spiro atoms. The zero-order valence-electron chi connectivity index (χ0n) is 10.5. The topological polar surface area (TPSA) is 78.2 Å². The Bertz CT molecular complexity index is 371. The van der Waals surface area contributed by atoms with E-state index in [9.17, 15) is 13.2 Å². The van der Waals surface area contributed by atoms with Crippen molar-refractivity contribution >= 4 is 15.7 Å². The van der Waals surface area contributed by atoms with E-state index in [0.29, 0.717) is 13.0 Å². The van der Waals surface area contributed by atoms with E-state index in [1.165, 1.54) is 4.90 Å². The molecule has 0 aromatic rings. The average molecular weight is 260 g/mol. The summed E-state index contributed by atoms with van der Waals surface area (Å²) in [5.74, 6) is -0.165. The molecule has 0 aromatic carbocycles. The minimum atomic E-state index is -3.11. The number of rotatable bonds is 8. The molecule has 0 saturated carbocycles. The van der Waals surface area contributed by atoms with Crippen LogP contribution in [0.3, 0.4) is 0 Å². The summed E-state index contributed by atoms with van der Waals surface area (Å²) >= 11 is 0. The minimum Gasteiger partial charge on any atom is -0.345 e. The van der Waals surface area contributed by atoms with Gasteiger partial charge in [-0.15, -0.1) is 0 Å². The van der Waals surface area contributed by atoms with E-state index in [1.54, 1.807) is 7.05 Å². The molecule has 0 atom stereocenters. The van der Waals surface area contributed by atoms with Crippen LogP contribution < -0.4 is 0 Å². The van der Waals surface area contributed by atoms with Gasteiger partial charge in [-0.3, -0.25) is 4.79 Å². The van der Waals surface area contributed by atoms with Crippen LogP contribution in [0.5, 0.6) is 0 Å². The van der Waals surface area contributed by atoms with E-state index in [2.05, 4.69) is 0 Å². The summed E-state index contributed by atoms with van der Waals surface area (Å²) in [6, 6.07) is 1.94. The average Bonchev–Trinajstić information content (AvgIpc) is 2.30. The van der Waals surface area contributed by atoms with Crippen molar-refractivity contribution in [2.45, 2.75) is 32.6 Å². The van der Waals surface area contributed by atoms with Crippen molar-refractivity contribution < 1.29 is 13.2 Å². The zero-order valence-corrected chi connectivity index (χ0v) is 11.3. The number of hydrogen-bond acceptors (Lipinski definition) is 4. The first-order valence-corrected chi connectivity index (χ1v) is 7.56. The number of carbonyl (C=O) groups excluding carboxylic acids is 1. The molecule has 0 bridgehead atoms. The van der Waals surface area contributed by atoms with Crippen molar-refractivity contribution in [3.8, 4) is 6.07 Å². The number of unbranched alkanes of at least 4 members (excludes halogenated alkanes) is 1. The van der Waals surface area contributed by atoms with Gasteiger partial charge in [-0.1, -0.05) is 13.3 Å². The second-order valence-corrected chi connectivity index (χ2v) is 6.28.